The van der Waals surface area contributed by atoms with Gasteiger partial charge in [0.15, 0.2) is 14.6 Å². The molecule has 2 aliphatic carbocycles. The minimum Gasteiger partial charge on any atom is -0.481 e. The summed E-state index contributed by atoms with van der Waals surface area (Å²) < 4.78 is 23.2. The molecule has 1 aliphatic heterocycles. The van der Waals surface area contributed by atoms with Gasteiger partial charge in [-0.05, 0) is 37.5 Å². The third kappa shape index (κ3) is 2.43. The lowest BCUT2D eigenvalue weighted by Gasteiger charge is -2.30. The SMILES string of the molecule is CS(=O)(=O)C1(C(=O)N2C[C@H](C(=O)O)[C@@H](C3CC3)C2)CCCC1. The molecule has 3 aliphatic rings. The summed E-state index contributed by atoms with van der Waals surface area (Å²) in [7, 11) is -3.50. The first-order valence-electron chi connectivity index (χ1n) is 7.98. The molecule has 2 atom stereocenters. The van der Waals surface area contributed by atoms with Crippen molar-refractivity contribution in [3.8, 4) is 0 Å². The lowest BCUT2D eigenvalue weighted by Crippen LogP contribution is -2.51. The van der Waals surface area contributed by atoms with Gasteiger partial charge in [0.1, 0.15) is 0 Å². The summed E-state index contributed by atoms with van der Waals surface area (Å²) in [5, 5.41) is 9.39. The van der Waals surface area contributed by atoms with E-state index in [-0.39, 0.29) is 18.4 Å². The van der Waals surface area contributed by atoms with E-state index in [4.69, 9.17) is 0 Å². The zero-order valence-corrected chi connectivity index (χ0v) is 13.6. The Labute approximate surface area is 130 Å². The average molecular weight is 329 g/mol. The highest BCUT2D eigenvalue weighted by molar-refractivity contribution is 7.92. The number of sulfone groups is 1. The molecule has 3 fully saturated rings. The van der Waals surface area contributed by atoms with Gasteiger partial charge in [0.2, 0.25) is 5.91 Å². The zero-order valence-electron chi connectivity index (χ0n) is 12.8. The van der Waals surface area contributed by atoms with E-state index in [1.165, 1.54) is 4.90 Å². The molecular formula is C15H23NO5S. The number of carbonyl (C=O) groups is 2. The average Bonchev–Trinajstić information content (AvgIpc) is 3.00. The molecule has 0 unspecified atom stereocenters. The second-order valence-corrected chi connectivity index (χ2v) is 9.46. The number of amides is 1. The predicted octanol–water partition coefficient (Wildman–Crippen LogP) is 0.913. The zero-order chi connectivity index (χ0) is 16.1. The maximum Gasteiger partial charge on any atom is 0.308 e. The number of aliphatic carboxylic acids is 1. The van der Waals surface area contributed by atoms with Gasteiger partial charge in [-0.1, -0.05) is 12.8 Å². The largest absolute Gasteiger partial charge is 0.481 e. The molecular weight excluding hydrogens is 306 g/mol. The third-order valence-corrected chi connectivity index (χ3v) is 7.71. The Hall–Kier alpha value is -1.11. The van der Waals surface area contributed by atoms with Crippen LogP contribution in [0.5, 0.6) is 0 Å². The molecule has 0 spiro atoms. The van der Waals surface area contributed by atoms with Crippen molar-refractivity contribution in [1.82, 2.24) is 4.90 Å². The lowest BCUT2D eigenvalue weighted by atomic mass is 9.92. The van der Waals surface area contributed by atoms with Crippen molar-refractivity contribution < 1.29 is 23.1 Å². The van der Waals surface area contributed by atoms with Crippen LogP contribution in [-0.2, 0) is 19.4 Å². The fourth-order valence-electron chi connectivity index (χ4n) is 4.24. The maximum absolute atomic E-state index is 12.9. The summed E-state index contributed by atoms with van der Waals surface area (Å²) in [6, 6.07) is 0. The highest BCUT2D eigenvalue weighted by atomic mass is 32.2. The van der Waals surface area contributed by atoms with Gasteiger partial charge in [-0.2, -0.15) is 0 Å². The molecule has 22 heavy (non-hydrogen) atoms. The molecule has 124 valence electrons. The van der Waals surface area contributed by atoms with Crippen molar-refractivity contribution in [3.63, 3.8) is 0 Å². The van der Waals surface area contributed by atoms with Crippen LogP contribution in [0.15, 0.2) is 0 Å². The van der Waals surface area contributed by atoms with Crippen molar-refractivity contribution in [2.45, 2.75) is 43.3 Å². The first-order chi connectivity index (χ1) is 10.3. The van der Waals surface area contributed by atoms with Gasteiger partial charge < -0.3 is 10.0 Å². The molecule has 1 N–H and O–H groups in total. The second-order valence-electron chi connectivity index (χ2n) is 7.13. The fourth-order valence-corrected chi connectivity index (χ4v) is 5.71. The van der Waals surface area contributed by atoms with Crippen molar-refractivity contribution >= 4 is 21.7 Å². The smallest absolute Gasteiger partial charge is 0.308 e. The Balaban J connectivity index is 1.84. The monoisotopic (exact) mass is 329 g/mol. The number of nitrogens with zero attached hydrogens (tertiary/aromatic N) is 1. The minimum atomic E-state index is -3.50. The normalized spacial score (nSPS) is 31.4. The van der Waals surface area contributed by atoms with Crippen LogP contribution in [0.4, 0.5) is 0 Å². The number of carboxylic acid groups (broad SMARTS) is 1. The van der Waals surface area contributed by atoms with Gasteiger partial charge in [-0.15, -0.1) is 0 Å². The van der Waals surface area contributed by atoms with Crippen LogP contribution in [0.1, 0.15) is 38.5 Å². The fraction of sp³-hybridized carbons (Fsp3) is 0.867. The quantitative estimate of drug-likeness (QED) is 0.828. The summed E-state index contributed by atoms with van der Waals surface area (Å²) in [5.74, 6) is -1.40. The van der Waals surface area contributed by atoms with Crippen LogP contribution >= 0.6 is 0 Å². The number of hydrogen-bond acceptors (Lipinski definition) is 4. The van der Waals surface area contributed by atoms with Gasteiger partial charge in [0.25, 0.3) is 0 Å². The Morgan fingerprint density at radius 2 is 1.73 bits per heavy atom. The van der Waals surface area contributed by atoms with Crippen LogP contribution in [-0.4, -0.2) is 54.4 Å². The number of rotatable bonds is 4. The molecule has 2 saturated carbocycles. The van der Waals surface area contributed by atoms with Crippen LogP contribution in [0, 0.1) is 17.8 Å². The summed E-state index contributed by atoms with van der Waals surface area (Å²) in [6.45, 7) is 0.560. The van der Waals surface area contributed by atoms with E-state index in [1.807, 2.05) is 0 Å². The van der Waals surface area contributed by atoms with Gasteiger partial charge in [0.05, 0.1) is 5.92 Å². The van der Waals surface area contributed by atoms with Crippen LogP contribution in [0.2, 0.25) is 0 Å². The second kappa shape index (κ2) is 5.22. The van der Waals surface area contributed by atoms with Crippen molar-refractivity contribution in [2.24, 2.45) is 17.8 Å². The summed E-state index contributed by atoms with van der Waals surface area (Å²) >= 11 is 0. The molecule has 6 nitrogen and oxygen atoms in total. The maximum atomic E-state index is 12.9. The number of hydrogen-bond donors (Lipinski definition) is 1. The highest BCUT2D eigenvalue weighted by Gasteiger charge is 2.55. The molecule has 0 aromatic rings. The highest BCUT2D eigenvalue weighted by Crippen LogP contribution is 2.46. The Bertz CT molecular complexity index is 589. The van der Waals surface area contributed by atoms with E-state index in [9.17, 15) is 23.1 Å². The van der Waals surface area contributed by atoms with E-state index in [0.717, 1.165) is 31.9 Å². The molecule has 1 amide bonds. The van der Waals surface area contributed by atoms with E-state index in [1.54, 1.807) is 0 Å². The van der Waals surface area contributed by atoms with Crippen LogP contribution < -0.4 is 0 Å². The lowest BCUT2D eigenvalue weighted by molar-refractivity contribution is -0.142. The van der Waals surface area contributed by atoms with Gasteiger partial charge in [0, 0.05) is 19.3 Å². The summed E-state index contributed by atoms with van der Waals surface area (Å²) in [6.07, 6.45) is 5.39. The Kier molecular flexibility index (Phi) is 3.74. The molecule has 0 radical (unpaired) electrons. The molecule has 0 bridgehead atoms. The Morgan fingerprint density at radius 1 is 1.14 bits per heavy atom. The first kappa shape index (κ1) is 15.8. The first-order valence-corrected chi connectivity index (χ1v) is 9.87. The standard InChI is InChI=1S/C15H23NO5S/c1-22(20,21)15(6-2-3-7-15)14(19)16-8-11(10-4-5-10)12(9-16)13(17)18/h10-12H,2-9H2,1H3,(H,17,18)/t11-,12+/m1/s1. The number of carbonyl (C=O) groups excluding carboxylic acids is 1. The van der Waals surface area contributed by atoms with Crippen LogP contribution in [0.25, 0.3) is 0 Å². The molecule has 3 rings (SSSR count). The van der Waals surface area contributed by atoms with Crippen molar-refractivity contribution in [2.75, 3.05) is 19.3 Å². The number of carboxylic acids is 1. The van der Waals surface area contributed by atoms with E-state index < -0.39 is 26.5 Å². The molecule has 0 aromatic carbocycles. The van der Waals surface area contributed by atoms with Gasteiger partial charge >= 0.3 is 5.97 Å². The Morgan fingerprint density at radius 3 is 2.18 bits per heavy atom. The third-order valence-electron chi connectivity index (χ3n) is 5.71. The van der Waals surface area contributed by atoms with Gasteiger partial charge in [-0.3, -0.25) is 9.59 Å². The van der Waals surface area contributed by atoms with E-state index in [2.05, 4.69) is 0 Å². The molecule has 7 heteroatoms. The van der Waals surface area contributed by atoms with E-state index in [0.29, 0.717) is 25.3 Å². The van der Waals surface area contributed by atoms with Crippen molar-refractivity contribution in [1.29, 1.82) is 0 Å². The molecule has 1 saturated heterocycles. The molecule has 1 heterocycles. The van der Waals surface area contributed by atoms with Gasteiger partial charge in [-0.25, -0.2) is 8.42 Å². The van der Waals surface area contributed by atoms with Crippen molar-refractivity contribution in [3.05, 3.63) is 0 Å². The predicted molar refractivity (Wildman–Crippen MR) is 80.0 cm³/mol. The number of likely N-dealkylation sites (tertiary alicyclic amines) is 1. The molecule has 0 aromatic heterocycles. The van der Waals surface area contributed by atoms with E-state index >= 15 is 0 Å². The topological polar surface area (TPSA) is 91.8 Å². The minimum absolute atomic E-state index is 0.0144. The summed E-state index contributed by atoms with van der Waals surface area (Å²) in [5.41, 5.74) is 0. The van der Waals surface area contributed by atoms with Crippen LogP contribution in [0.3, 0.4) is 0 Å². The summed E-state index contributed by atoms with van der Waals surface area (Å²) in [4.78, 5) is 25.9.